The number of methoxy groups -OCH3 is 2. The number of phenolic OH excluding ortho intramolecular Hbond substituents is 1. The predicted molar refractivity (Wildman–Crippen MR) is 212 cm³/mol. The molecule has 0 saturated heterocycles. The van der Waals surface area contributed by atoms with Crippen molar-refractivity contribution in [1.82, 2.24) is 0 Å². The molecule has 0 saturated carbocycles. The Morgan fingerprint density at radius 2 is 1.02 bits per heavy atom. The van der Waals surface area contributed by atoms with Gasteiger partial charge in [0.05, 0.1) is 25.3 Å². The number of rotatable bonds is 7. The third kappa shape index (κ3) is 19.7. The Bertz CT molecular complexity index is 1740. The molecule has 0 heterocycles. The normalized spacial score (nSPS) is 10.1. The summed E-state index contributed by atoms with van der Waals surface area (Å²) in [7, 11) is 2.76. The molecule has 0 aromatic heterocycles. The fourth-order valence-electron chi connectivity index (χ4n) is 4.86. The van der Waals surface area contributed by atoms with Crippen LogP contribution >= 0.6 is 15.9 Å². The summed E-state index contributed by atoms with van der Waals surface area (Å²) in [6.45, 7) is 21.5. The van der Waals surface area contributed by atoms with Gasteiger partial charge in [0, 0.05) is 5.33 Å². The van der Waals surface area contributed by atoms with Gasteiger partial charge < -0.3 is 30.9 Å². The van der Waals surface area contributed by atoms with Crippen LogP contribution in [-0.4, -0.2) is 37.7 Å². The van der Waals surface area contributed by atoms with Gasteiger partial charge in [0.25, 0.3) is 6.47 Å². The van der Waals surface area contributed by atoms with Crippen LogP contribution in [0.3, 0.4) is 0 Å². The average molecular weight is 874 g/mol. The predicted octanol–water partition coefficient (Wildman–Crippen LogP) is 3.20. The molecule has 0 bridgehead atoms. The molecule has 0 unspecified atom stereocenters. The molecule has 0 atom stereocenters. The number of aromatic hydroxyl groups is 1. The van der Waals surface area contributed by atoms with Crippen LogP contribution in [0.25, 0.3) is 0 Å². The number of ether oxygens (including phenoxy) is 3. The summed E-state index contributed by atoms with van der Waals surface area (Å²) in [5.74, 6) is 0.732. The molecule has 0 aliphatic rings. The fourth-order valence-corrected chi connectivity index (χ4v) is 5.23. The van der Waals surface area contributed by atoms with Gasteiger partial charge >= 0.3 is 115 Å². The van der Waals surface area contributed by atoms with Crippen LogP contribution in [0.15, 0.2) is 72.8 Å². The van der Waals surface area contributed by atoms with Crippen LogP contribution in [0.2, 0.25) is 0 Å². The molecule has 1 N–H and O–H groups in total. The van der Waals surface area contributed by atoms with Gasteiger partial charge in [0.2, 0.25) is 0 Å². The second kappa shape index (κ2) is 27.3. The molecule has 0 aliphatic carbocycles. The molecular formula is C43H55BrK2O9. The van der Waals surface area contributed by atoms with Crippen molar-refractivity contribution >= 4 is 34.3 Å². The minimum absolute atomic E-state index is 0. The topological polar surface area (TPSA) is 131 Å². The van der Waals surface area contributed by atoms with E-state index in [4.69, 9.17) is 19.5 Å². The van der Waals surface area contributed by atoms with E-state index in [0.717, 1.165) is 44.5 Å². The number of esters is 2. The summed E-state index contributed by atoms with van der Waals surface area (Å²) in [5.41, 5.74) is 10.4. The van der Waals surface area contributed by atoms with Crippen molar-refractivity contribution in [2.75, 3.05) is 14.2 Å². The summed E-state index contributed by atoms with van der Waals surface area (Å²) < 4.78 is 15.3. The van der Waals surface area contributed by atoms with Crippen LogP contribution in [-0.2, 0) is 41.9 Å². The largest absolute Gasteiger partial charge is 1.00 e. The number of halogens is 1. The Kier molecular flexibility index (Phi) is 27.7. The molecule has 4 aromatic rings. The standard InChI is InChI=1S/C21H26O3.C12H18O.C9H9BrO2.CH2O3.2K.H/c1-14-11-18(21(3,4)5)12-15(2)19(14)24-13-16-7-9-17(10-8-16)20(22)23-6;1-8-6-10(12(3,4)5)7-9(2)11(8)13;1-12-9(11)8-4-2-7(6-10)3-5-8;2-1-4-3;;;/h7-12H,13H2,1-6H3;6-7,13H,1-5H3;2-5H,6H2,1H3;1,3H;;;/q;;;;2*+1;-1/p-1. The van der Waals surface area contributed by atoms with Crippen molar-refractivity contribution in [3.05, 3.63) is 128 Å². The zero-order valence-corrected chi connectivity index (χ0v) is 42.8. The van der Waals surface area contributed by atoms with Crippen LogP contribution in [0.1, 0.15) is 108 Å². The van der Waals surface area contributed by atoms with Crippen LogP contribution < -0.4 is 113 Å². The van der Waals surface area contributed by atoms with Gasteiger partial charge in [-0.25, -0.2) is 9.59 Å². The molecular weight excluding hydrogens is 819 g/mol. The minimum Gasteiger partial charge on any atom is -1.00 e. The van der Waals surface area contributed by atoms with Gasteiger partial charge in [-0.2, -0.15) is 0 Å². The van der Waals surface area contributed by atoms with Crippen LogP contribution in [0.4, 0.5) is 0 Å². The van der Waals surface area contributed by atoms with E-state index in [0.29, 0.717) is 23.5 Å². The van der Waals surface area contributed by atoms with Gasteiger partial charge in [-0.15, -0.1) is 0 Å². The molecule has 4 aromatic carbocycles. The molecule has 290 valence electrons. The number of carbonyl (C=O) groups excluding carboxylic acids is 3. The average Bonchev–Trinajstić information content (AvgIpc) is 3.12. The number of hydrogen-bond acceptors (Lipinski definition) is 9. The molecule has 4 rings (SSSR count). The Labute approximate surface area is 422 Å². The van der Waals surface area contributed by atoms with E-state index >= 15 is 0 Å². The first-order valence-electron chi connectivity index (χ1n) is 16.9. The maximum absolute atomic E-state index is 11.5. The van der Waals surface area contributed by atoms with E-state index in [2.05, 4.69) is 105 Å². The number of carbonyl (C=O) groups is 3. The van der Waals surface area contributed by atoms with E-state index in [1.54, 1.807) is 24.3 Å². The SMILES string of the molecule is COC(=O)c1ccc(CBr)cc1.COC(=O)c1ccc(COc2c(C)cc(C(C)(C)C)cc2C)cc1.Cc1cc(C(C)(C)C)cc(C)c1O.O=CO[O-].[H-].[K+].[K+]. The number of phenols is 1. The van der Waals surface area contributed by atoms with Gasteiger partial charge in [0.15, 0.2) is 0 Å². The minimum atomic E-state index is -0.327. The second-order valence-electron chi connectivity index (χ2n) is 14.4. The molecule has 0 fully saturated rings. The molecule has 0 spiro atoms. The van der Waals surface area contributed by atoms with Crippen molar-refractivity contribution in [2.45, 2.75) is 92.0 Å². The number of hydrogen-bond donors (Lipinski definition) is 1. The third-order valence-electron chi connectivity index (χ3n) is 8.01. The Morgan fingerprint density at radius 1 is 0.691 bits per heavy atom. The molecule has 0 amide bonds. The van der Waals surface area contributed by atoms with Crippen molar-refractivity contribution in [1.29, 1.82) is 0 Å². The zero-order valence-electron chi connectivity index (χ0n) is 36.0. The van der Waals surface area contributed by atoms with E-state index in [1.165, 1.54) is 25.3 Å². The zero-order chi connectivity index (χ0) is 40.5. The van der Waals surface area contributed by atoms with Crippen LogP contribution in [0.5, 0.6) is 11.5 Å². The smallest absolute Gasteiger partial charge is 1.00 e. The summed E-state index contributed by atoms with van der Waals surface area (Å²) in [5, 5.41) is 18.8. The Balaban J connectivity index is -0.000000749. The first-order chi connectivity index (χ1) is 24.7. The monoisotopic (exact) mass is 872 g/mol. The maximum atomic E-state index is 11.5. The third-order valence-corrected chi connectivity index (χ3v) is 8.66. The second-order valence-corrected chi connectivity index (χ2v) is 15.0. The number of alkyl halides is 1. The van der Waals surface area contributed by atoms with E-state index in [1.807, 2.05) is 38.1 Å². The van der Waals surface area contributed by atoms with Crippen molar-refractivity contribution < 1.29 is 148 Å². The quantitative estimate of drug-likeness (QED) is 0.0744. The summed E-state index contributed by atoms with van der Waals surface area (Å²) >= 11 is 3.32. The number of benzene rings is 4. The van der Waals surface area contributed by atoms with Gasteiger partial charge in [-0.3, -0.25) is 4.79 Å². The van der Waals surface area contributed by atoms with Crippen molar-refractivity contribution in [3.63, 3.8) is 0 Å². The van der Waals surface area contributed by atoms with Gasteiger partial charge in [-0.1, -0.05) is 106 Å². The first-order valence-corrected chi connectivity index (χ1v) is 18.0. The van der Waals surface area contributed by atoms with E-state index in [9.17, 15) is 14.7 Å². The van der Waals surface area contributed by atoms with Crippen molar-refractivity contribution in [3.8, 4) is 11.5 Å². The first kappa shape index (κ1) is 55.7. The fraction of sp³-hybridized carbons (Fsp3) is 0.372. The van der Waals surface area contributed by atoms with Gasteiger partial charge in [-0.05, 0) is 107 Å². The molecule has 12 heteroatoms. The molecule has 9 nitrogen and oxygen atoms in total. The van der Waals surface area contributed by atoms with E-state index in [-0.39, 0.29) is 133 Å². The van der Waals surface area contributed by atoms with Gasteiger partial charge in [0.1, 0.15) is 18.1 Å². The molecule has 0 aliphatic heterocycles. The summed E-state index contributed by atoms with van der Waals surface area (Å²) in [6, 6.07) is 23.1. The Morgan fingerprint density at radius 3 is 1.31 bits per heavy atom. The molecule has 0 radical (unpaired) electrons. The van der Waals surface area contributed by atoms with E-state index < -0.39 is 0 Å². The summed E-state index contributed by atoms with van der Waals surface area (Å²) in [6.07, 6.45) is 0. The van der Waals surface area contributed by atoms with Crippen molar-refractivity contribution in [2.24, 2.45) is 0 Å². The number of aryl methyl sites for hydroxylation is 4. The van der Waals surface area contributed by atoms with Crippen LogP contribution in [0, 0.1) is 27.7 Å². The maximum Gasteiger partial charge on any atom is 1.00 e. The molecule has 55 heavy (non-hydrogen) atoms. The summed E-state index contributed by atoms with van der Waals surface area (Å²) in [4.78, 5) is 33.7. The Hall–Kier alpha value is -1.40.